The van der Waals surface area contributed by atoms with Gasteiger partial charge < -0.3 is 0 Å². The van der Waals surface area contributed by atoms with Crippen molar-refractivity contribution in [2.75, 3.05) is 0 Å². The summed E-state index contributed by atoms with van der Waals surface area (Å²) < 4.78 is 0. The van der Waals surface area contributed by atoms with Crippen LogP contribution in [-0.2, 0) is 6.42 Å². The summed E-state index contributed by atoms with van der Waals surface area (Å²) in [7, 11) is 0. The topological polar surface area (TPSA) is 0 Å². The van der Waals surface area contributed by atoms with Crippen LogP contribution in [0.1, 0.15) is 44.5 Å². The Labute approximate surface area is 187 Å². The second-order valence-electron chi connectivity index (χ2n) is 9.12. The standard InChI is InChI=1S/C31H32/c1-20-15-22(3)30(23(4)16-20)28-11-7-26(8-12-28)19-27-9-13-29(14-10-27)31-24(5)17-21(2)18-25(31)6/h7-18H,19H2,1-6H3. The average molecular weight is 405 g/mol. The largest absolute Gasteiger partial charge is 0.0581 e. The van der Waals surface area contributed by atoms with Gasteiger partial charge in [0.25, 0.3) is 0 Å². The van der Waals surface area contributed by atoms with Crippen LogP contribution in [0.15, 0.2) is 72.8 Å². The third kappa shape index (κ3) is 4.49. The molecule has 0 unspecified atom stereocenters. The summed E-state index contributed by atoms with van der Waals surface area (Å²) >= 11 is 0. The molecule has 0 nitrogen and oxygen atoms in total. The molecule has 0 N–H and O–H groups in total. The fourth-order valence-electron chi connectivity index (χ4n) is 5.08. The number of hydrogen-bond donors (Lipinski definition) is 0. The predicted molar refractivity (Wildman–Crippen MR) is 135 cm³/mol. The molecule has 0 aromatic heterocycles. The van der Waals surface area contributed by atoms with Crippen LogP contribution in [0.25, 0.3) is 22.3 Å². The zero-order valence-electron chi connectivity index (χ0n) is 19.6. The molecule has 0 aliphatic heterocycles. The summed E-state index contributed by atoms with van der Waals surface area (Å²) in [6, 6.07) is 27.3. The van der Waals surface area contributed by atoms with E-state index in [4.69, 9.17) is 0 Å². The van der Waals surface area contributed by atoms with Crippen molar-refractivity contribution >= 4 is 0 Å². The Morgan fingerprint density at radius 1 is 0.419 bits per heavy atom. The van der Waals surface area contributed by atoms with Crippen molar-refractivity contribution in [3.63, 3.8) is 0 Å². The van der Waals surface area contributed by atoms with Crippen LogP contribution in [-0.4, -0.2) is 0 Å². The Kier molecular flexibility index (Phi) is 5.83. The minimum atomic E-state index is 0.957. The van der Waals surface area contributed by atoms with Gasteiger partial charge in [-0.3, -0.25) is 0 Å². The molecule has 0 heterocycles. The van der Waals surface area contributed by atoms with Gasteiger partial charge in [-0.25, -0.2) is 0 Å². The molecule has 156 valence electrons. The van der Waals surface area contributed by atoms with E-state index >= 15 is 0 Å². The van der Waals surface area contributed by atoms with Crippen molar-refractivity contribution in [2.45, 2.75) is 48.0 Å². The highest BCUT2D eigenvalue weighted by Gasteiger charge is 2.09. The van der Waals surface area contributed by atoms with E-state index in [1.807, 2.05) is 0 Å². The highest BCUT2D eigenvalue weighted by atomic mass is 14.1. The van der Waals surface area contributed by atoms with Crippen LogP contribution in [0.2, 0.25) is 0 Å². The van der Waals surface area contributed by atoms with E-state index in [-0.39, 0.29) is 0 Å². The Morgan fingerprint density at radius 2 is 0.710 bits per heavy atom. The Hall–Kier alpha value is -3.12. The molecule has 0 saturated carbocycles. The van der Waals surface area contributed by atoms with Gasteiger partial charge in [-0.05, 0) is 104 Å². The maximum atomic E-state index is 2.27. The number of rotatable bonds is 4. The molecule has 0 spiro atoms. The SMILES string of the molecule is Cc1cc(C)c(-c2ccc(Cc3ccc(-c4c(C)cc(C)cc4C)cc3)cc2)c(C)c1. The van der Waals surface area contributed by atoms with Gasteiger partial charge in [0.05, 0.1) is 0 Å². The molecular formula is C31H32. The molecule has 0 atom stereocenters. The van der Waals surface area contributed by atoms with Crippen LogP contribution in [0, 0.1) is 41.5 Å². The van der Waals surface area contributed by atoms with Crippen molar-refractivity contribution in [1.82, 2.24) is 0 Å². The van der Waals surface area contributed by atoms with Crippen LogP contribution in [0.3, 0.4) is 0 Å². The zero-order chi connectivity index (χ0) is 22.1. The predicted octanol–water partition coefficient (Wildman–Crippen LogP) is 8.46. The summed E-state index contributed by atoms with van der Waals surface area (Å²) in [6.07, 6.45) is 0.957. The van der Waals surface area contributed by atoms with Crippen molar-refractivity contribution < 1.29 is 0 Å². The molecule has 0 heteroatoms. The minimum Gasteiger partial charge on any atom is -0.0581 e. The first-order chi connectivity index (χ1) is 14.8. The molecule has 4 rings (SSSR count). The van der Waals surface area contributed by atoms with E-state index in [0.717, 1.165) is 6.42 Å². The Morgan fingerprint density at radius 3 is 1.00 bits per heavy atom. The summed E-state index contributed by atoms with van der Waals surface area (Å²) in [6.45, 7) is 13.2. The summed E-state index contributed by atoms with van der Waals surface area (Å²) in [5.41, 5.74) is 16.1. The van der Waals surface area contributed by atoms with Crippen molar-refractivity contribution in [2.24, 2.45) is 0 Å². The van der Waals surface area contributed by atoms with Gasteiger partial charge in [0.2, 0.25) is 0 Å². The Balaban J connectivity index is 1.54. The normalized spacial score (nSPS) is 11.0. The molecule has 4 aromatic rings. The van der Waals surface area contributed by atoms with E-state index in [1.54, 1.807) is 0 Å². The summed E-state index contributed by atoms with van der Waals surface area (Å²) in [5, 5.41) is 0. The van der Waals surface area contributed by atoms with Crippen molar-refractivity contribution in [3.8, 4) is 22.3 Å². The second kappa shape index (κ2) is 8.55. The fraction of sp³-hybridized carbons (Fsp3) is 0.226. The molecule has 31 heavy (non-hydrogen) atoms. The maximum absolute atomic E-state index is 2.27. The van der Waals surface area contributed by atoms with E-state index in [2.05, 4.69) is 114 Å². The molecule has 0 fully saturated rings. The molecule has 0 bridgehead atoms. The van der Waals surface area contributed by atoms with Crippen molar-refractivity contribution in [3.05, 3.63) is 117 Å². The zero-order valence-corrected chi connectivity index (χ0v) is 19.6. The van der Waals surface area contributed by atoms with E-state index in [1.165, 1.54) is 66.8 Å². The van der Waals surface area contributed by atoms with E-state index in [9.17, 15) is 0 Å². The number of hydrogen-bond acceptors (Lipinski definition) is 0. The van der Waals surface area contributed by atoms with Crippen LogP contribution in [0.4, 0.5) is 0 Å². The van der Waals surface area contributed by atoms with Crippen molar-refractivity contribution in [1.29, 1.82) is 0 Å². The lowest BCUT2D eigenvalue weighted by Crippen LogP contribution is -1.93. The summed E-state index contributed by atoms with van der Waals surface area (Å²) in [4.78, 5) is 0. The van der Waals surface area contributed by atoms with Gasteiger partial charge in [0.1, 0.15) is 0 Å². The van der Waals surface area contributed by atoms with Gasteiger partial charge in [0.15, 0.2) is 0 Å². The van der Waals surface area contributed by atoms with Gasteiger partial charge in [0, 0.05) is 0 Å². The first kappa shape index (κ1) is 21.1. The molecule has 4 aromatic carbocycles. The highest BCUT2D eigenvalue weighted by Crippen LogP contribution is 2.30. The van der Waals surface area contributed by atoms with Crippen LogP contribution < -0.4 is 0 Å². The van der Waals surface area contributed by atoms with Crippen LogP contribution >= 0.6 is 0 Å². The number of aryl methyl sites for hydroxylation is 6. The van der Waals surface area contributed by atoms with Gasteiger partial charge in [-0.2, -0.15) is 0 Å². The lowest BCUT2D eigenvalue weighted by atomic mass is 9.92. The maximum Gasteiger partial charge on any atom is -0.00258 e. The molecule has 0 saturated heterocycles. The van der Waals surface area contributed by atoms with E-state index < -0.39 is 0 Å². The first-order valence-corrected chi connectivity index (χ1v) is 11.2. The lowest BCUT2D eigenvalue weighted by Gasteiger charge is -2.13. The third-order valence-electron chi connectivity index (χ3n) is 6.25. The quantitative estimate of drug-likeness (QED) is 0.320. The molecule has 0 radical (unpaired) electrons. The minimum absolute atomic E-state index is 0.957. The number of benzene rings is 4. The monoisotopic (exact) mass is 404 g/mol. The smallest absolute Gasteiger partial charge is 0.00258 e. The Bertz CT molecular complexity index is 1080. The van der Waals surface area contributed by atoms with Crippen LogP contribution in [0.5, 0.6) is 0 Å². The van der Waals surface area contributed by atoms with Gasteiger partial charge in [-0.1, -0.05) is 83.9 Å². The van der Waals surface area contributed by atoms with Gasteiger partial charge in [-0.15, -0.1) is 0 Å². The van der Waals surface area contributed by atoms with Gasteiger partial charge >= 0.3 is 0 Å². The fourth-order valence-corrected chi connectivity index (χ4v) is 5.08. The second-order valence-corrected chi connectivity index (χ2v) is 9.12. The molecule has 0 aliphatic rings. The molecule has 0 amide bonds. The molecular weight excluding hydrogens is 372 g/mol. The van der Waals surface area contributed by atoms with E-state index in [0.29, 0.717) is 0 Å². The third-order valence-corrected chi connectivity index (χ3v) is 6.25. The average Bonchev–Trinajstić information content (AvgIpc) is 2.69. The molecule has 0 aliphatic carbocycles. The highest BCUT2D eigenvalue weighted by molar-refractivity contribution is 5.72. The first-order valence-electron chi connectivity index (χ1n) is 11.2. The lowest BCUT2D eigenvalue weighted by molar-refractivity contribution is 1.19. The summed E-state index contributed by atoms with van der Waals surface area (Å²) in [5.74, 6) is 0.